The van der Waals surface area contributed by atoms with Crippen molar-refractivity contribution < 1.29 is 13.2 Å². The Morgan fingerprint density at radius 1 is 1.07 bits per heavy atom. The number of amides is 1. The maximum absolute atomic E-state index is 12.8. The number of rotatable bonds is 5. The molecule has 0 atom stereocenters. The molecule has 1 aliphatic rings. The Morgan fingerprint density at radius 3 is 2.30 bits per heavy atom. The predicted molar refractivity (Wildman–Crippen MR) is 119 cm³/mol. The van der Waals surface area contributed by atoms with Crippen molar-refractivity contribution >= 4 is 44.8 Å². The van der Waals surface area contributed by atoms with Crippen LogP contribution in [0.25, 0.3) is 0 Å². The van der Waals surface area contributed by atoms with Crippen molar-refractivity contribution in [2.24, 2.45) is 11.0 Å². The maximum atomic E-state index is 12.8. The van der Waals surface area contributed by atoms with Gasteiger partial charge in [0.15, 0.2) is 0 Å². The number of halogens is 2. The lowest BCUT2D eigenvalue weighted by Gasteiger charge is -2.30. The Hall–Kier alpha value is -1.93. The molecular formula is C21H23Cl2N3O3S. The average Bonchev–Trinajstić information content (AvgIpc) is 2.74. The number of carbonyl (C=O) groups excluding carboxylic acids is 1. The van der Waals surface area contributed by atoms with Crippen LogP contribution in [0.2, 0.25) is 10.0 Å². The van der Waals surface area contributed by atoms with Gasteiger partial charge in [0.1, 0.15) is 0 Å². The molecule has 0 saturated carbocycles. The Morgan fingerprint density at radius 2 is 1.70 bits per heavy atom. The minimum Gasteiger partial charge on any atom is -0.273 e. The van der Waals surface area contributed by atoms with Crippen molar-refractivity contribution in [3.05, 3.63) is 63.6 Å². The van der Waals surface area contributed by atoms with Gasteiger partial charge >= 0.3 is 0 Å². The van der Waals surface area contributed by atoms with E-state index in [-0.39, 0.29) is 16.7 Å². The molecule has 0 radical (unpaired) electrons. The highest BCUT2D eigenvalue weighted by Gasteiger charge is 2.32. The highest BCUT2D eigenvalue weighted by atomic mass is 35.5. The van der Waals surface area contributed by atoms with Crippen LogP contribution in [0.5, 0.6) is 0 Å². The fourth-order valence-corrected chi connectivity index (χ4v) is 5.00. The zero-order valence-electron chi connectivity index (χ0n) is 16.7. The molecule has 160 valence electrons. The monoisotopic (exact) mass is 467 g/mol. The number of sulfonamides is 1. The molecule has 1 heterocycles. The Labute approximate surface area is 186 Å². The molecule has 2 aromatic rings. The molecule has 1 saturated heterocycles. The van der Waals surface area contributed by atoms with Gasteiger partial charge in [0.05, 0.1) is 20.7 Å². The van der Waals surface area contributed by atoms with E-state index in [1.54, 1.807) is 49.4 Å². The third kappa shape index (κ3) is 5.21. The number of aryl methyl sites for hydroxylation is 1. The van der Waals surface area contributed by atoms with Gasteiger partial charge in [-0.2, -0.15) is 9.41 Å². The van der Waals surface area contributed by atoms with E-state index < -0.39 is 10.0 Å². The summed E-state index contributed by atoms with van der Waals surface area (Å²) in [7, 11) is -3.55. The van der Waals surface area contributed by atoms with Crippen LogP contribution in [0.4, 0.5) is 0 Å². The van der Waals surface area contributed by atoms with Crippen molar-refractivity contribution in [2.75, 3.05) is 13.1 Å². The second-order valence-corrected chi connectivity index (χ2v) is 10.0. The van der Waals surface area contributed by atoms with Crippen LogP contribution in [0.3, 0.4) is 0 Å². The van der Waals surface area contributed by atoms with Gasteiger partial charge in [-0.3, -0.25) is 4.79 Å². The van der Waals surface area contributed by atoms with E-state index in [0.717, 1.165) is 11.1 Å². The number of hydrogen-bond donors (Lipinski definition) is 1. The summed E-state index contributed by atoms with van der Waals surface area (Å²) in [4.78, 5) is 12.8. The summed E-state index contributed by atoms with van der Waals surface area (Å²) >= 11 is 11.9. The fraction of sp³-hybridized carbons (Fsp3) is 0.333. The number of nitrogens with zero attached hydrogens (tertiary/aromatic N) is 2. The maximum Gasteiger partial charge on any atom is 0.243 e. The number of hydrogen-bond acceptors (Lipinski definition) is 4. The number of hydrazone groups is 1. The van der Waals surface area contributed by atoms with Crippen LogP contribution in [0, 0.1) is 12.8 Å². The molecule has 2 aromatic carbocycles. The number of piperidine rings is 1. The molecule has 6 nitrogen and oxygen atoms in total. The first kappa shape index (κ1) is 22.7. The van der Waals surface area contributed by atoms with Gasteiger partial charge in [-0.25, -0.2) is 13.8 Å². The van der Waals surface area contributed by atoms with Crippen molar-refractivity contribution in [1.82, 2.24) is 9.73 Å². The molecular weight excluding hydrogens is 445 g/mol. The van der Waals surface area contributed by atoms with E-state index in [1.807, 2.05) is 6.92 Å². The summed E-state index contributed by atoms with van der Waals surface area (Å²) in [6, 6.07) is 11.9. The molecule has 1 N–H and O–H groups in total. The highest BCUT2D eigenvalue weighted by Crippen LogP contribution is 2.25. The first-order valence-corrected chi connectivity index (χ1v) is 11.7. The minimum absolute atomic E-state index is 0.221. The largest absolute Gasteiger partial charge is 0.273 e. The number of carbonyl (C=O) groups is 1. The minimum atomic E-state index is -3.55. The zero-order chi connectivity index (χ0) is 21.9. The average molecular weight is 468 g/mol. The Balaban J connectivity index is 1.58. The predicted octanol–water partition coefficient (Wildman–Crippen LogP) is 4.24. The number of benzene rings is 2. The second-order valence-electron chi connectivity index (χ2n) is 7.29. The molecule has 0 bridgehead atoms. The van der Waals surface area contributed by atoms with Crippen LogP contribution in [-0.4, -0.2) is 37.4 Å². The normalized spacial score (nSPS) is 16.5. The van der Waals surface area contributed by atoms with Crippen molar-refractivity contribution in [3.8, 4) is 0 Å². The van der Waals surface area contributed by atoms with Crippen molar-refractivity contribution in [1.29, 1.82) is 0 Å². The molecule has 1 amide bonds. The van der Waals surface area contributed by atoms with Crippen molar-refractivity contribution in [2.45, 2.75) is 31.6 Å². The molecule has 1 fully saturated rings. The summed E-state index contributed by atoms with van der Waals surface area (Å²) in [5.41, 5.74) is 4.93. The fourth-order valence-electron chi connectivity index (χ4n) is 3.23. The Bertz CT molecular complexity index is 1060. The smallest absolute Gasteiger partial charge is 0.243 e. The summed E-state index contributed by atoms with van der Waals surface area (Å²) in [6.45, 7) is 4.26. The van der Waals surface area contributed by atoms with E-state index in [9.17, 15) is 13.2 Å². The molecule has 0 aromatic heterocycles. The topological polar surface area (TPSA) is 78.8 Å². The summed E-state index contributed by atoms with van der Waals surface area (Å²) in [5.74, 6) is -0.512. The Kier molecular flexibility index (Phi) is 7.18. The second kappa shape index (κ2) is 9.47. The molecule has 0 unspecified atom stereocenters. The van der Waals surface area contributed by atoms with E-state index in [1.165, 1.54) is 4.31 Å². The highest BCUT2D eigenvalue weighted by molar-refractivity contribution is 7.89. The lowest BCUT2D eigenvalue weighted by molar-refractivity contribution is -0.126. The molecule has 3 rings (SSSR count). The first-order chi connectivity index (χ1) is 14.2. The van der Waals surface area contributed by atoms with Gasteiger partial charge in [-0.05, 0) is 56.5 Å². The molecule has 1 aliphatic heterocycles. The van der Waals surface area contributed by atoms with Crippen LogP contribution >= 0.6 is 23.2 Å². The van der Waals surface area contributed by atoms with E-state index in [2.05, 4.69) is 10.5 Å². The molecule has 0 spiro atoms. The number of nitrogens with one attached hydrogen (secondary N) is 1. The third-order valence-electron chi connectivity index (χ3n) is 5.15. The molecule has 30 heavy (non-hydrogen) atoms. The molecule has 9 heteroatoms. The lowest BCUT2D eigenvalue weighted by Crippen LogP contribution is -2.42. The summed E-state index contributed by atoms with van der Waals surface area (Å²) in [6.07, 6.45) is 0.885. The van der Waals surface area contributed by atoms with Crippen LogP contribution < -0.4 is 5.43 Å². The van der Waals surface area contributed by atoms with Crippen molar-refractivity contribution in [3.63, 3.8) is 0 Å². The van der Waals surface area contributed by atoms with Gasteiger partial charge in [0.2, 0.25) is 15.9 Å². The summed E-state index contributed by atoms with van der Waals surface area (Å²) in [5, 5.41) is 5.01. The third-order valence-corrected chi connectivity index (χ3v) is 7.81. The van der Waals surface area contributed by atoms with E-state index in [4.69, 9.17) is 23.2 Å². The van der Waals surface area contributed by atoms with Gasteiger partial charge < -0.3 is 0 Å². The SMILES string of the molecule is C/C(=N/NC(=O)C1CCN(S(=O)(=O)c2ccc(C)cc2)CC1)c1ccc(Cl)c(Cl)c1. The van der Waals surface area contributed by atoms with Gasteiger partial charge in [-0.15, -0.1) is 0 Å². The van der Waals surface area contributed by atoms with Crippen LogP contribution in [0.15, 0.2) is 52.5 Å². The summed E-state index contributed by atoms with van der Waals surface area (Å²) < 4.78 is 27.0. The van der Waals surface area contributed by atoms with Gasteiger partial charge in [0.25, 0.3) is 0 Å². The zero-order valence-corrected chi connectivity index (χ0v) is 19.1. The van der Waals surface area contributed by atoms with Crippen LogP contribution in [-0.2, 0) is 14.8 Å². The first-order valence-electron chi connectivity index (χ1n) is 9.55. The lowest BCUT2D eigenvalue weighted by atomic mass is 9.98. The van der Waals surface area contributed by atoms with Gasteiger partial charge in [0, 0.05) is 19.0 Å². The standard InChI is InChI=1S/C21H23Cl2N3O3S/c1-14-3-6-18(7-4-14)30(28,29)26-11-9-16(10-12-26)21(27)25-24-15(2)17-5-8-19(22)20(23)13-17/h3-8,13,16H,9-12H2,1-2H3,(H,25,27)/b24-15-. The van der Waals surface area contributed by atoms with Gasteiger partial charge in [-0.1, -0.05) is 47.0 Å². The molecule has 0 aliphatic carbocycles. The van der Waals surface area contributed by atoms with Crippen LogP contribution in [0.1, 0.15) is 30.9 Å². The van der Waals surface area contributed by atoms with E-state index in [0.29, 0.717) is 41.7 Å². The van der Waals surface area contributed by atoms with E-state index >= 15 is 0 Å². The quantitative estimate of drug-likeness (QED) is 0.527.